The lowest BCUT2D eigenvalue weighted by molar-refractivity contribution is -0.123. The molecule has 0 spiro atoms. The van der Waals surface area contributed by atoms with E-state index < -0.39 is 0 Å². The van der Waals surface area contributed by atoms with Gasteiger partial charge in [-0.15, -0.1) is 0 Å². The highest BCUT2D eigenvalue weighted by Gasteiger charge is 2.29. The maximum Gasteiger partial charge on any atom is 0.252 e. The van der Waals surface area contributed by atoms with Crippen molar-refractivity contribution in [2.45, 2.75) is 13.0 Å². The van der Waals surface area contributed by atoms with Gasteiger partial charge in [-0.25, -0.2) is 0 Å². The lowest BCUT2D eigenvalue weighted by atomic mass is 10.1. The maximum atomic E-state index is 12.3. The van der Waals surface area contributed by atoms with E-state index in [1.165, 1.54) is 5.56 Å². The van der Waals surface area contributed by atoms with Gasteiger partial charge in [-0.2, -0.15) is 5.10 Å². The molecule has 0 radical (unpaired) electrons. The molecule has 0 saturated carbocycles. The number of benzene rings is 1. The zero-order valence-electron chi connectivity index (χ0n) is 16.7. The Morgan fingerprint density at radius 2 is 2.03 bits per heavy atom. The SMILES string of the molecule is CNC(=O)[C@H]1CCN(c2cc(=O)n(C)cc2-c2cnn(Cc3ccccc3)c2)C1. The van der Waals surface area contributed by atoms with Gasteiger partial charge in [0, 0.05) is 56.8 Å². The molecule has 1 aliphatic rings. The van der Waals surface area contributed by atoms with E-state index in [9.17, 15) is 9.59 Å². The molecule has 0 unspecified atom stereocenters. The molecule has 1 amide bonds. The van der Waals surface area contributed by atoms with Crippen LogP contribution in [0.3, 0.4) is 0 Å². The molecular weight excluding hydrogens is 366 g/mol. The van der Waals surface area contributed by atoms with Crippen LogP contribution in [-0.2, 0) is 18.4 Å². The second kappa shape index (κ2) is 7.95. The van der Waals surface area contributed by atoms with Crippen LogP contribution in [0.4, 0.5) is 5.69 Å². The summed E-state index contributed by atoms with van der Waals surface area (Å²) in [5.41, 5.74) is 3.87. The molecule has 1 aromatic carbocycles. The van der Waals surface area contributed by atoms with Crippen molar-refractivity contribution in [1.82, 2.24) is 19.7 Å². The minimum atomic E-state index is -0.0659. The number of anilines is 1. The fourth-order valence-corrected chi connectivity index (χ4v) is 3.86. The third-order valence-electron chi connectivity index (χ3n) is 5.48. The fourth-order valence-electron chi connectivity index (χ4n) is 3.86. The van der Waals surface area contributed by atoms with E-state index in [1.807, 2.05) is 41.5 Å². The summed E-state index contributed by atoms with van der Waals surface area (Å²) in [5.74, 6) is -0.00808. The van der Waals surface area contributed by atoms with E-state index >= 15 is 0 Å². The average molecular weight is 391 g/mol. The Morgan fingerprint density at radius 3 is 2.79 bits per heavy atom. The lowest BCUT2D eigenvalue weighted by Crippen LogP contribution is -2.31. The topological polar surface area (TPSA) is 72.2 Å². The van der Waals surface area contributed by atoms with Gasteiger partial charge >= 0.3 is 0 Å². The summed E-state index contributed by atoms with van der Waals surface area (Å²) >= 11 is 0. The van der Waals surface area contributed by atoms with Gasteiger partial charge in [0.25, 0.3) is 5.56 Å². The number of rotatable bonds is 5. The van der Waals surface area contributed by atoms with Crippen molar-refractivity contribution in [3.63, 3.8) is 0 Å². The third-order valence-corrected chi connectivity index (χ3v) is 5.48. The second-order valence-electron chi connectivity index (χ2n) is 7.48. The molecule has 1 fully saturated rings. The summed E-state index contributed by atoms with van der Waals surface area (Å²) in [4.78, 5) is 26.5. The minimum Gasteiger partial charge on any atom is -0.370 e. The Balaban J connectivity index is 1.65. The van der Waals surface area contributed by atoms with Crippen LogP contribution in [0.15, 0.2) is 59.8 Å². The molecule has 0 aliphatic carbocycles. The molecule has 29 heavy (non-hydrogen) atoms. The summed E-state index contributed by atoms with van der Waals surface area (Å²) in [6.07, 6.45) is 6.47. The van der Waals surface area contributed by atoms with E-state index in [2.05, 4.69) is 27.4 Å². The van der Waals surface area contributed by atoms with Gasteiger partial charge in [0.05, 0.1) is 24.3 Å². The number of hydrogen-bond acceptors (Lipinski definition) is 4. The molecule has 7 heteroatoms. The molecule has 7 nitrogen and oxygen atoms in total. The first-order valence-electron chi connectivity index (χ1n) is 9.79. The molecule has 0 bridgehead atoms. The summed E-state index contributed by atoms with van der Waals surface area (Å²) in [5, 5.41) is 7.24. The van der Waals surface area contributed by atoms with Gasteiger partial charge in [-0.3, -0.25) is 14.3 Å². The van der Waals surface area contributed by atoms with Gasteiger partial charge in [0.2, 0.25) is 5.91 Å². The van der Waals surface area contributed by atoms with Crippen molar-refractivity contribution < 1.29 is 4.79 Å². The molecular formula is C22H25N5O2. The van der Waals surface area contributed by atoms with Gasteiger partial charge < -0.3 is 14.8 Å². The number of nitrogens with zero attached hydrogens (tertiary/aromatic N) is 4. The van der Waals surface area contributed by atoms with Crippen LogP contribution in [0.2, 0.25) is 0 Å². The second-order valence-corrected chi connectivity index (χ2v) is 7.48. The Kier molecular flexibility index (Phi) is 5.20. The Bertz CT molecular complexity index is 1070. The number of aromatic nitrogens is 3. The van der Waals surface area contributed by atoms with Gasteiger partial charge in [-0.05, 0) is 12.0 Å². The Labute approximate surface area is 169 Å². The van der Waals surface area contributed by atoms with E-state index in [-0.39, 0.29) is 17.4 Å². The average Bonchev–Trinajstić information content (AvgIpc) is 3.40. The smallest absolute Gasteiger partial charge is 0.252 e. The first-order valence-corrected chi connectivity index (χ1v) is 9.79. The highest BCUT2D eigenvalue weighted by Crippen LogP contribution is 2.32. The van der Waals surface area contributed by atoms with Crippen molar-refractivity contribution in [3.05, 3.63) is 70.9 Å². The quantitative estimate of drug-likeness (QED) is 0.721. The lowest BCUT2D eigenvalue weighted by Gasteiger charge is -2.22. The Hall–Kier alpha value is -3.35. The number of amides is 1. The zero-order chi connectivity index (χ0) is 20.4. The van der Waals surface area contributed by atoms with E-state index in [1.54, 1.807) is 24.7 Å². The Morgan fingerprint density at radius 1 is 1.24 bits per heavy atom. The molecule has 3 heterocycles. The van der Waals surface area contributed by atoms with Crippen LogP contribution in [0.1, 0.15) is 12.0 Å². The predicted octanol–water partition coefficient (Wildman–Crippen LogP) is 1.87. The van der Waals surface area contributed by atoms with Crippen molar-refractivity contribution >= 4 is 11.6 Å². The molecule has 1 saturated heterocycles. The first kappa shape index (κ1) is 19.0. The van der Waals surface area contributed by atoms with Crippen molar-refractivity contribution in [2.24, 2.45) is 13.0 Å². The predicted molar refractivity (Wildman–Crippen MR) is 113 cm³/mol. The summed E-state index contributed by atoms with van der Waals surface area (Å²) in [6, 6.07) is 11.8. The van der Waals surface area contributed by atoms with Crippen molar-refractivity contribution in [3.8, 4) is 11.1 Å². The van der Waals surface area contributed by atoms with E-state index in [4.69, 9.17) is 0 Å². The third kappa shape index (κ3) is 3.94. The highest BCUT2D eigenvalue weighted by atomic mass is 16.2. The number of carbonyl (C=O) groups excluding carboxylic acids is 1. The molecule has 150 valence electrons. The van der Waals surface area contributed by atoms with Crippen LogP contribution >= 0.6 is 0 Å². The monoisotopic (exact) mass is 391 g/mol. The highest BCUT2D eigenvalue weighted by molar-refractivity contribution is 5.82. The van der Waals surface area contributed by atoms with E-state index in [0.29, 0.717) is 13.1 Å². The minimum absolute atomic E-state index is 0.0496. The molecule has 3 aromatic rings. The van der Waals surface area contributed by atoms with Crippen LogP contribution in [0.25, 0.3) is 11.1 Å². The summed E-state index contributed by atoms with van der Waals surface area (Å²) in [7, 11) is 3.41. The number of carbonyl (C=O) groups is 1. The number of hydrogen-bond donors (Lipinski definition) is 1. The molecule has 2 aromatic heterocycles. The zero-order valence-corrected chi connectivity index (χ0v) is 16.7. The van der Waals surface area contributed by atoms with Gasteiger partial charge in [-0.1, -0.05) is 30.3 Å². The molecule has 1 N–H and O–H groups in total. The number of pyridine rings is 1. The van der Waals surface area contributed by atoms with Crippen LogP contribution in [0.5, 0.6) is 0 Å². The standard InChI is InChI=1S/C22H25N5O2/c1-23-22(29)17-8-9-26(13-17)20-10-21(28)25(2)15-19(20)18-11-24-27(14-18)12-16-6-4-3-5-7-16/h3-7,10-11,14-15,17H,8-9,12-13H2,1-2H3,(H,23,29)/t17-/m0/s1. The normalized spacial score (nSPS) is 16.2. The maximum absolute atomic E-state index is 12.3. The largest absolute Gasteiger partial charge is 0.370 e. The van der Waals surface area contributed by atoms with Crippen molar-refractivity contribution in [2.75, 3.05) is 25.0 Å². The number of nitrogens with one attached hydrogen (secondary N) is 1. The van der Waals surface area contributed by atoms with Crippen LogP contribution in [0, 0.1) is 5.92 Å². The van der Waals surface area contributed by atoms with E-state index in [0.717, 1.165) is 29.8 Å². The summed E-state index contributed by atoms with van der Waals surface area (Å²) < 4.78 is 3.48. The van der Waals surface area contributed by atoms with Crippen molar-refractivity contribution in [1.29, 1.82) is 0 Å². The fraction of sp³-hybridized carbons (Fsp3) is 0.318. The number of aryl methyl sites for hydroxylation is 1. The first-order chi connectivity index (χ1) is 14.0. The molecule has 1 atom stereocenters. The van der Waals surface area contributed by atoms with Crippen LogP contribution < -0.4 is 15.8 Å². The molecule has 4 rings (SSSR count). The van der Waals surface area contributed by atoms with Crippen LogP contribution in [-0.4, -0.2) is 40.4 Å². The molecule has 1 aliphatic heterocycles. The van der Waals surface area contributed by atoms with Gasteiger partial charge in [0.15, 0.2) is 0 Å². The van der Waals surface area contributed by atoms with Gasteiger partial charge in [0.1, 0.15) is 0 Å². The summed E-state index contributed by atoms with van der Waals surface area (Å²) in [6.45, 7) is 2.04.